The lowest BCUT2D eigenvalue weighted by Crippen LogP contribution is -2.45. The van der Waals surface area contributed by atoms with Crippen molar-refractivity contribution in [3.05, 3.63) is 42.0 Å². The summed E-state index contributed by atoms with van der Waals surface area (Å²) in [5.74, 6) is -1.62. The van der Waals surface area contributed by atoms with Crippen LogP contribution < -0.4 is 10.1 Å². The van der Waals surface area contributed by atoms with Gasteiger partial charge >= 0.3 is 13.5 Å². The lowest BCUT2D eigenvalue weighted by molar-refractivity contribution is -0.147. The first kappa shape index (κ1) is 26.2. The Balaban J connectivity index is 2.35. The highest BCUT2D eigenvalue weighted by molar-refractivity contribution is 6.39. The van der Waals surface area contributed by atoms with E-state index in [-0.39, 0.29) is 24.0 Å². The van der Waals surface area contributed by atoms with Crippen LogP contribution in [0.2, 0.25) is 5.82 Å². The fourth-order valence-corrected chi connectivity index (χ4v) is 3.62. The van der Waals surface area contributed by atoms with Gasteiger partial charge in [-0.25, -0.2) is 0 Å². The number of methoxy groups -OCH3 is 1. The molecule has 2 bridgehead atoms. The van der Waals surface area contributed by atoms with Crippen LogP contribution in [0.15, 0.2) is 36.4 Å². The van der Waals surface area contributed by atoms with Crippen molar-refractivity contribution in [2.24, 2.45) is 11.8 Å². The molecule has 1 aromatic rings. The van der Waals surface area contributed by atoms with E-state index in [9.17, 15) is 14.4 Å². The van der Waals surface area contributed by atoms with Crippen molar-refractivity contribution in [1.29, 1.82) is 5.41 Å². The number of carbonyl (C=O) groups excluding carboxylic acids is 3. The van der Waals surface area contributed by atoms with Gasteiger partial charge in [-0.2, -0.15) is 0 Å². The molecule has 0 spiro atoms. The topological polar surface area (TPSA) is 115 Å². The first-order chi connectivity index (χ1) is 15.8. The van der Waals surface area contributed by atoms with E-state index in [1.165, 1.54) is 14.6 Å². The van der Waals surface area contributed by atoms with Crippen LogP contribution >= 0.6 is 0 Å². The highest BCUT2D eigenvalue weighted by atomic mass is 16.5. The van der Waals surface area contributed by atoms with Crippen LogP contribution in [0.4, 0.5) is 0 Å². The van der Waals surface area contributed by atoms with Crippen molar-refractivity contribution >= 4 is 31.5 Å². The summed E-state index contributed by atoms with van der Waals surface area (Å²) >= 11 is 0. The van der Waals surface area contributed by atoms with Crippen molar-refractivity contribution in [3.8, 4) is 5.75 Å². The Bertz CT molecular complexity index is 840. The average molecular weight is 455 g/mol. The van der Waals surface area contributed by atoms with Crippen LogP contribution in [-0.2, 0) is 30.2 Å². The summed E-state index contributed by atoms with van der Waals surface area (Å²) in [6.45, 7) is 4.25. The molecule has 0 aliphatic carbocycles. The Hall–Kier alpha value is -3.10. The molecule has 0 fully saturated rings. The minimum absolute atomic E-state index is 0.0429. The normalized spacial score (nSPS) is 23.1. The van der Waals surface area contributed by atoms with Crippen LogP contribution in [0, 0.1) is 17.2 Å². The Morgan fingerprint density at radius 3 is 2.61 bits per heavy atom. The highest BCUT2D eigenvalue weighted by Gasteiger charge is 2.31. The van der Waals surface area contributed by atoms with Crippen LogP contribution in [0.5, 0.6) is 5.75 Å². The van der Waals surface area contributed by atoms with Crippen molar-refractivity contribution in [3.63, 3.8) is 0 Å². The van der Waals surface area contributed by atoms with E-state index in [4.69, 9.17) is 19.5 Å². The maximum Gasteiger partial charge on any atom is 0.384 e. The number of esters is 1. The summed E-state index contributed by atoms with van der Waals surface area (Å²) in [5.41, 5.74) is 0.879. The monoisotopic (exact) mass is 455 g/mol. The number of rotatable bonds is 6. The van der Waals surface area contributed by atoms with Gasteiger partial charge in [-0.05, 0) is 42.9 Å². The number of ketones is 1. The molecule has 2 aliphatic rings. The van der Waals surface area contributed by atoms with Crippen LogP contribution in [0.25, 0.3) is 0 Å². The van der Waals surface area contributed by atoms with Gasteiger partial charge in [0.15, 0.2) is 5.78 Å². The molecule has 1 radical (unpaired) electrons. The third-order valence-corrected chi connectivity index (χ3v) is 5.35. The molecule has 33 heavy (non-hydrogen) atoms. The molecule has 0 saturated heterocycles. The summed E-state index contributed by atoms with van der Waals surface area (Å²) in [6, 6.07) is 6.61. The van der Waals surface area contributed by atoms with Crippen LogP contribution in [-0.4, -0.2) is 51.3 Å². The van der Waals surface area contributed by atoms with Gasteiger partial charge < -0.3 is 19.4 Å². The van der Waals surface area contributed by atoms with Gasteiger partial charge in [0.25, 0.3) is 0 Å². The molecule has 2 aliphatic heterocycles. The zero-order chi connectivity index (χ0) is 24.2. The molecular weight excluding hydrogens is 423 g/mol. The van der Waals surface area contributed by atoms with Gasteiger partial charge in [0.05, 0.1) is 24.9 Å². The van der Waals surface area contributed by atoms with Gasteiger partial charge in [0, 0.05) is 6.42 Å². The van der Waals surface area contributed by atoms with E-state index in [1.54, 1.807) is 12.2 Å². The number of benzene rings is 1. The summed E-state index contributed by atoms with van der Waals surface area (Å²) in [7, 11) is 2.59. The summed E-state index contributed by atoms with van der Waals surface area (Å²) in [5, 5.41) is 9.98. The summed E-state index contributed by atoms with van der Waals surface area (Å²) in [6.07, 6.45) is 5.40. The second kappa shape index (κ2) is 13.5. The number of allylic oxidation sites excluding steroid dienone is 1. The Morgan fingerprint density at radius 2 is 1.97 bits per heavy atom. The Morgan fingerprint density at radius 1 is 1.24 bits per heavy atom. The number of hydrogen-bond donors (Lipinski definition) is 2. The molecule has 0 aromatic heterocycles. The number of carbonyl (C=O) groups is 3. The minimum Gasteiger partial charge on any atom is -0.555 e. The number of ether oxygens (including phenoxy) is 2. The maximum atomic E-state index is 13.1. The van der Waals surface area contributed by atoms with E-state index in [0.717, 1.165) is 12.0 Å². The number of Topliss-reactive ketones (excluding diaryl/α,β-unsaturated/α-hetero) is 1. The van der Waals surface area contributed by atoms with Gasteiger partial charge in [0.2, 0.25) is 5.91 Å². The first-order valence-corrected chi connectivity index (χ1v) is 11.1. The lowest BCUT2D eigenvalue weighted by atomic mass is 9.75. The smallest absolute Gasteiger partial charge is 0.384 e. The summed E-state index contributed by atoms with van der Waals surface area (Å²) < 4.78 is 15.6. The van der Waals surface area contributed by atoms with Crippen molar-refractivity contribution in [1.82, 2.24) is 5.32 Å². The molecule has 0 unspecified atom stereocenters. The molecule has 3 rings (SSSR count). The zero-order valence-corrected chi connectivity index (χ0v) is 19.4. The standard InChI is InChI=1S/C24H32BN2O6/c1-16(2)12-21-22(28)14-18(24(30)31-3)6-4-5-11-32-19-9-7-17(8-10-19)13-20(23(29)27-21)25-33-15-26/h4-5,7-10,15-16,18,20-21,26H,6,11-14H2,1-3H3,(H,27,29)/b5-4+,26-15?/t18-,20+,21+/m1/s1. The molecule has 9 heteroatoms. The fraction of sp³-hybridized carbons (Fsp3) is 0.500. The molecule has 177 valence electrons. The summed E-state index contributed by atoms with van der Waals surface area (Å²) in [4.78, 5) is 38.5. The van der Waals surface area contributed by atoms with Gasteiger partial charge in [-0.15, -0.1) is 0 Å². The third kappa shape index (κ3) is 8.75. The maximum absolute atomic E-state index is 13.1. The fourth-order valence-electron chi connectivity index (χ4n) is 3.62. The first-order valence-electron chi connectivity index (χ1n) is 11.1. The quantitative estimate of drug-likeness (QED) is 0.224. The van der Waals surface area contributed by atoms with Gasteiger partial charge in [0.1, 0.15) is 18.8 Å². The SMILES string of the molecule is COC(=O)[C@@H]1C/C=C/COc2ccc(cc2)C[C@H]([B]OC=N)C(=O)N[C@@H](CC(C)C)C(=O)C1. The molecule has 1 aromatic carbocycles. The third-order valence-electron chi connectivity index (χ3n) is 5.35. The zero-order valence-electron chi connectivity index (χ0n) is 19.4. The minimum atomic E-state index is -0.745. The molecule has 3 atom stereocenters. The molecule has 2 N–H and O–H groups in total. The number of hydrogen-bond acceptors (Lipinski definition) is 7. The lowest BCUT2D eigenvalue weighted by Gasteiger charge is -2.24. The van der Waals surface area contributed by atoms with E-state index in [2.05, 4.69) is 5.32 Å². The van der Waals surface area contributed by atoms with Crippen LogP contribution in [0.3, 0.4) is 0 Å². The van der Waals surface area contributed by atoms with Crippen molar-refractivity contribution in [2.75, 3.05) is 13.7 Å². The van der Waals surface area contributed by atoms with E-state index in [1.807, 2.05) is 38.1 Å². The molecule has 1 amide bonds. The van der Waals surface area contributed by atoms with E-state index < -0.39 is 23.7 Å². The average Bonchev–Trinajstić information content (AvgIpc) is 2.79. The van der Waals surface area contributed by atoms with Crippen molar-refractivity contribution in [2.45, 2.75) is 51.4 Å². The second-order valence-corrected chi connectivity index (χ2v) is 8.44. The Kier molecular flexibility index (Phi) is 10.7. The number of fused-ring (bicyclic) bond motifs is 13. The largest absolute Gasteiger partial charge is 0.555 e. The van der Waals surface area contributed by atoms with Crippen molar-refractivity contribution < 1.29 is 28.5 Å². The molecular formula is C24H32BN2O6. The number of nitrogens with one attached hydrogen (secondary N) is 2. The molecule has 8 nitrogen and oxygen atoms in total. The number of amides is 1. The van der Waals surface area contributed by atoms with E-state index >= 15 is 0 Å². The molecule has 0 saturated carbocycles. The highest BCUT2D eigenvalue weighted by Crippen LogP contribution is 2.21. The Labute approximate surface area is 195 Å². The van der Waals surface area contributed by atoms with E-state index in [0.29, 0.717) is 31.6 Å². The predicted molar refractivity (Wildman–Crippen MR) is 125 cm³/mol. The van der Waals surface area contributed by atoms with Crippen LogP contribution in [0.1, 0.15) is 38.7 Å². The van der Waals surface area contributed by atoms with Gasteiger partial charge in [-0.3, -0.25) is 19.8 Å². The predicted octanol–water partition coefficient (Wildman–Crippen LogP) is 2.88. The van der Waals surface area contributed by atoms with Gasteiger partial charge in [-0.1, -0.05) is 38.1 Å². The second-order valence-electron chi connectivity index (χ2n) is 8.44. The molecule has 2 heterocycles.